The van der Waals surface area contributed by atoms with Gasteiger partial charge in [-0.15, -0.1) is 0 Å². The predicted octanol–water partition coefficient (Wildman–Crippen LogP) is 6.00. The number of nitrogens with zero attached hydrogens (tertiary/aromatic N) is 1. The first-order valence-electron chi connectivity index (χ1n) is 9.41. The fraction of sp³-hybridized carbons (Fsp3) is 0.522. The van der Waals surface area contributed by atoms with Gasteiger partial charge in [0, 0.05) is 24.0 Å². The average Bonchev–Trinajstić information content (AvgIpc) is 2.96. The van der Waals surface area contributed by atoms with Crippen molar-refractivity contribution in [3.63, 3.8) is 0 Å². The summed E-state index contributed by atoms with van der Waals surface area (Å²) in [6.07, 6.45) is 4.72. The van der Waals surface area contributed by atoms with Crippen molar-refractivity contribution >= 4 is 16.5 Å². The molecule has 1 aliphatic carbocycles. The van der Waals surface area contributed by atoms with Crippen LogP contribution in [0.25, 0.3) is 16.5 Å². The van der Waals surface area contributed by atoms with Crippen LogP contribution in [0, 0.1) is 16.7 Å². The van der Waals surface area contributed by atoms with Gasteiger partial charge in [-0.2, -0.15) is 5.10 Å². The smallest absolute Gasteiger partial charge is 0.0988 e. The Labute approximate surface area is 157 Å². The second-order valence-electron chi connectivity index (χ2n) is 9.70. The van der Waals surface area contributed by atoms with Gasteiger partial charge in [-0.05, 0) is 29.4 Å². The number of aromatic nitrogens is 2. The second kappa shape index (κ2) is 6.09. The summed E-state index contributed by atoms with van der Waals surface area (Å²) in [5.74, 6) is 0.240. The van der Waals surface area contributed by atoms with Gasteiger partial charge in [-0.25, -0.2) is 0 Å². The molecule has 26 heavy (non-hydrogen) atoms. The molecule has 1 aromatic heterocycles. The number of ether oxygens (including phenoxy) is 1. The quantitative estimate of drug-likeness (QED) is 0.720. The minimum Gasteiger partial charge on any atom is -0.373 e. The van der Waals surface area contributed by atoms with Gasteiger partial charge in [-0.1, -0.05) is 71.9 Å². The zero-order valence-corrected chi connectivity index (χ0v) is 17.4. The van der Waals surface area contributed by atoms with E-state index in [1.165, 1.54) is 5.57 Å². The maximum absolute atomic E-state index is 6.20. The van der Waals surface area contributed by atoms with Crippen molar-refractivity contribution in [2.24, 2.45) is 16.7 Å². The molecule has 1 N–H and O–H groups in total. The minimum atomic E-state index is -0.440. The molecule has 1 aliphatic rings. The molecule has 1 aromatic carbocycles. The van der Waals surface area contributed by atoms with Crippen LogP contribution >= 0.6 is 0 Å². The van der Waals surface area contributed by atoms with Gasteiger partial charge >= 0.3 is 0 Å². The molecule has 2 atom stereocenters. The van der Waals surface area contributed by atoms with Gasteiger partial charge in [-0.3, -0.25) is 5.10 Å². The number of nitrogens with one attached hydrogen (secondary N) is 1. The molecule has 2 aromatic rings. The number of H-pyrrole nitrogens is 1. The Bertz CT molecular complexity index is 873. The molecule has 3 nitrogen and oxygen atoms in total. The van der Waals surface area contributed by atoms with E-state index in [9.17, 15) is 0 Å². The highest BCUT2D eigenvalue weighted by Crippen LogP contribution is 2.51. The number of allylic oxidation sites excluding steroid dienone is 2. The summed E-state index contributed by atoms with van der Waals surface area (Å²) in [6.45, 7) is 15.9. The van der Waals surface area contributed by atoms with Crippen LogP contribution in [-0.2, 0) is 4.74 Å². The van der Waals surface area contributed by atoms with Gasteiger partial charge < -0.3 is 4.74 Å². The van der Waals surface area contributed by atoms with Crippen LogP contribution < -0.4 is 0 Å². The lowest BCUT2D eigenvalue weighted by molar-refractivity contribution is -0.0166. The Balaban J connectivity index is 2.29. The topological polar surface area (TPSA) is 37.9 Å². The Morgan fingerprint density at radius 1 is 1.08 bits per heavy atom. The van der Waals surface area contributed by atoms with E-state index in [2.05, 4.69) is 83.9 Å². The molecule has 3 rings (SSSR count). The molecule has 0 bridgehead atoms. The number of benzene rings is 1. The molecule has 140 valence electrons. The van der Waals surface area contributed by atoms with E-state index in [-0.39, 0.29) is 16.7 Å². The SMILES string of the molecule is COC1(C)C(c2n[nH]c3ccccc23)=CC(C(C)(C)C)=CC1C(C)(C)C. The van der Waals surface area contributed by atoms with Crippen molar-refractivity contribution in [1.82, 2.24) is 10.2 Å². The van der Waals surface area contributed by atoms with E-state index in [1.54, 1.807) is 0 Å². The van der Waals surface area contributed by atoms with Crippen LogP contribution in [-0.4, -0.2) is 22.9 Å². The molecular formula is C23H32N2O. The summed E-state index contributed by atoms with van der Waals surface area (Å²) in [5, 5.41) is 9.03. The summed E-state index contributed by atoms with van der Waals surface area (Å²) in [4.78, 5) is 0. The van der Waals surface area contributed by atoms with E-state index >= 15 is 0 Å². The van der Waals surface area contributed by atoms with Crippen LogP contribution in [0.1, 0.15) is 54.2 Å². The summed E-state index contributed by atoms with van der Waals surface area (Å²) in [7, 11) is 1.82. The van der Waals surface area contributed by atoms with Gasteiger partial charge in [0.15, 0.2) is 0 Å². The first-order chi connectivity index (χ1) is 12.0. The molecule has 0 aliphatic heterocycles. The van der Waals surface area contributed by atoms with Crippen LogP contribution in [0.3, 0.4) is 0 Å². The lowest BCUT2D eigenvalue weighted by atomic mass is 9.62. The number of fused-ring (bicyclic) bond motifs is 1. The third-order valence-electron chi connectivity index (χ3n) is 5.72. The molecule has 0 fully saturated rings. The van der Waals surface area contributed by atoms with Crippen molar-refractivity contribution in [2.75, 3.05) is 7.11 Å². The highest BCUT2D eigenvalue weighted by Gasteiger charge is 2.47. The van der Waals surface area contributed by atoms with Crippen LogP contribution in [0.5, 0.6) is 0 Å². The van der Waals surface area contributed by atoms with E-state index in [0.29, 0.717) is 0 Å². The molecule has 1 heterocycles. The molecule has 0 saturated heterocycles. The Hall–Kier alpha value is -1.87. The van der Waals surface area contributed by atoms with Crippen molar-refractivity contribution in [1.29, 1.82) is 0 Å². The Kier molecular flexibility index (Phi) is 4.43. The van der Waals surface area contributed by atoms with Crippen LogP contribution in [0.15, 0.2) is 42.0 Å². The highest BCUT2D eigenvalue weighted by molar-refractivity contribution is 5.93. The van der Waals surface area contributed by atoms with E-state index in [1.807, 2.05) is 13.2 Å². The fourth-order valence-corrected chi connectivity index (χ4v) is 4.10. The molecule has 0 amide bonds. The first kappa shape index (κ1) is 18.9. The largest absolute Gasteiger partial charge is 0.373 e. The van der Waals surface area contributed by atoms with Gasteiger partial charge in [0.1, 0.15) is 0 Å². The Morgan fingerprint density at radius 3 is 2.31 bits per heavy atom. The fourth-order valence-electron chi connectivity index (χ4n) is 4.10. The zero-order valence-electron chi connectivity index (χ0n) is 17.4. The summed E-state index contributed by atoms with van der Waals surface area (Å²) in [5.41, 5.74) is 4.24. The van der Waals surface area contributed by atoms with Crippen molar-refractivity contribution in [3.05, 3.63) is 47.7 Å². The molecule has 3 heteroatoms. The van der Waals surface area contributed by atoms with Crippen molar-refractivity contribution in [2.45, 2.75) is 54.1 Å². The van der Waals surface area contributed by atoms with Gasteiger partial charge in [0.25, 0.3) is 0 Å². The van der Waals surface area contributed by atoms with Gasteiger partial charge in [0.05, 0.1) is 16.8 Å². The number of rotatable bonds is 2. The summed E-state index contributed by atoms with van der Waals surface area (Å²) < 4.78 is 6.20. The average molecular weight is 353 g/mol. The third-order valence-corrected chi connectivity index (χ3v) is 5.72. The molecule has 2 unspecified atom stereocenters. The lowest BCUT2D eigenvalue weighted by Gasteiger charge is -2.47. The molecule has 0 radical (unpaired) electrons. The zero-order chi connectivity index (χ0) is 19.3. The maximum atomic E-state index is 6.20. The number of methoxy groups -OCH3 is 1. The number of hydrogen-bond acceptors (Lipinski definition) is 2. The van der Waals surface area contributed by atoms with E-state index < -0.39 is 5.60 Å². The van der Waals surface area contributed by atoms with E-state index in [4.69, 9.17) is 9.84 Å². The standard InChI is InChI=1S/C23H32N2O/c1-21(2,3)15-13-17(20-16-11-9-10-12-18(16)24-25-20)23(7,26-8)19(14-15)22(4,5)6/h9-14,19H,1-8H3,(H,24,25). The molecule has 0 saturated carbocycles. The highest BCUT2D eigenvalue weighted by atomic mass is 16.5. The number of para-hydroxylation sites is 1. The monoisotopic (exact) mass is 352 g/mol. The summed E-state index contributed by atoms with van der Waals surface area (Å²) in [6, 6.07) is 8.30. The second-order valence-corrected chi connectivity index (χ2v) is 9.70. The van der Waals surface area contributed by atoms with E-state index in [0.717, 1.165) is 22.2 Å². The van der Waals surface area contributed by atoms with Crippen molar-refractivity contribution in [3.8, 4) is 0 Å². The van der Waals surface area contributed by atoms with Crippen LogP contribution in [0.2, 0.25) is 0 Å². The predicted molar refractivity (Wildman–Crippen MR) is 110 cm³/mol. The third kappa shape index (κ3) is 3.03. The van der Waals surface area contributed by atoms with Gasteiger partial charge in [0.2, 0.25) is 0 Å². The first-order valence-corrected chi connectivity index (χ1v) is 9.41. The maximum Gasteiger partial charge on any atom is 0.0988 e. The number of aromatic amines is 1. The normalized spacial score (nSPS) is 24.5. The molecular weight excluding hydrogens is 320 g/mol. The molecule has 0 spiro atoms. The minimum absolute atomic E-state index is 0.0624. The lowest BCUT2D eigenvalue weighted by Crippen LogP contribution is -2.46. The summed E-state index contributed by atoms with van der Waals surface area (Å²) >= 11 is 0. The number of hydrogen-bond donors (Lipinski definition) is 1. The Morgan fingerprint density at radius 2 is 1.73 bits per heavy atom. The van der Waals surface area contributed by atoms with Crippen molar-refractivity contribution < 1.29 is 4.74 Å². The van der Waals surface area contributed by atoms with Crippen LogP contribution in [0.4, 0.5) is 0 Å².